The summed E-state index contributed by atoms with van der Waals surface area (Å²) in [6, 6.07) is 1.64. The Morgan fingerprint density at radius 3 is 2.73 bits per heavy atom. The van der Waals surface area contributed by atoms with E-state index >= 15 is 0 Å². The summed E-state index contributed by atoms with van der Waals surface area (Å²) >= 11 is 6.28. The second kappa shape index (κ2) is 6.31. The van der Waals surface area contributed by atoms with Gasteiger partial charge in [0.1, 0.15) is 11.4 Å². The number of carbonyl (C=O) groups excluding carboxylic acids is 1. The molecule has 3 N–H and O–H groups in total. The zero-order valence-corrected chi connectivity index (χ0v) is 16.4. The molecule has 1 aromatic rings. The number of nitrogens with zero attached hydrogens (tertiary/aromatic N) is 1. The van der Waals surface area contributed by atoms with Gasteiger partial charge in [0.25, 0.3) is 5.91 Å². The molecule has 3 aliphatic heterocycles. The lowest BCUT2D eigenvalue weighted by atomic mass is 9.90. The highest BCUT2D eigenvalue weighted by atomic mass is 35.5. The van der Waals surface area contributed by atoms with Crippen molar-refractivity contribution in [2.24, 2.45) is 0 Å². The van der Waals surface area contributed by atoms with Gasteiger partial charge in [0.15, 0.2) is 0 Å². The molecule has 2 fully saturated rings. The van der Waals surface area contributed by atoms with E-state index in [1.165, 1.54) is 38.8 Å². The van der Waals surface area contributed by atoms with Gasteiger partial charge in [0.2, 0.25) is 0 Å². The van der Waals surface area contributed by atoms with Crippen LogP contribution in [0.2, 0.25) is 5.02 Å². The first-order valence-corrected chi connectivity index (χ1v) is 10.0. The van der Waals surface area contributed by atoms with Gasteiger partial charge >= 0.3 is 0 Å². The number of nitrogens with one attached hydrogen (secondary N) is 1. The second-order valence-electron chi connectivity index (χ2n) is 8.59. The van der Waals surface area contributed by atoms with E-state index in [0.29, 0.717) is 40.5 Å². The Bertz CT molecular complexity index is 737. The highest BCUT2D eigenvalue weighted by Crippen LogP contribution is 2.44. The molecule has 1 amide bonds. The maximum atomic E-state index is 12.8. The molecule has 3 heterocycles. The number of hydrogen-bond donors (Lipinski definition) is 2. The largest absolute Gasteiger partial charge is 0.486 e. The minimum atomic E-state index is -0.372. The lowest BCUT2D eigenvalue weighted by molar-refractivity contribution is 0.0929. The minimum Gasteiger partial charge on any atom is -0.486 e. The number of amides is 1. The smallest absolute Gasteiger partial charge is 0.255 e. The molecule has 4 rings (SSSR count). The van der Waals surface area contributed by atoms with Crippen LogP contribution in [0.25, 0.3) is 0 Å². The summed E-state index contributed by atoms with van der Waals surface area (Å²) in [7, 11) is 0. The van der Waals surface area contributed by atoms with Crippen LogP contribution in [0, 0.1) is 0 Å². The molecule has 142 valence electrons. The van der Waals surface area contributed by atoms with Crippen molar-refractivity contribution in [1.29, 1.82) is 0 Å². The van der Waals surface area contributed by atoms with Crippen molar-refractivity contribution in [3.8, 4) is 5.75 Å². The molecule has 0 radical (unpaired) electrons. The van der Waals surface area contributed by atoms with Crippen molar-refractivity contribution >= 4 is 23.2 Å². The molecule has 3 aliphatic rings. The van der Waals surface area contributed by atoms with E-state index in [0.717, 1.165) is 12.0 Å². The van der Waals surface area contributed by atoms with Crippen molar-refractivity contribution in [1.82, 2.24) is 10.2 Å². The number of fused-ring (bicyclic) bond motifs is 2. The summed E-state index contributed by atoms with van der Waals surface area (Å²) in [5.74, 6) is 0.468. The van der Waals surface area contributed by atoms with E-state index in [-0.39, 0.29) is 11.5 Å². The maximum Gasteiger partial charge on any atom is 0.255 e. The van der Waals surface area contributed by atoms with E-state index in [2.05, 4.69) is 10.2 Å². The van der Waals surface area contributed by atoms with E-state index in [1.54, 1.807) is 6.07 Å². The van der Waals surface area contributed by atoms with Gasteiger partial charge in [-0.1, -0.05) is 11.6 Å². The molecule has 0 aliphatic carbocycles. The van der Waals surface area contributed by atoms with Crippen molar-refractivity contribution in [3.63, 3.8) is 0 Å². The van der Waals surface area contributed by atoms with E-state index in [9.17, 15) is 4.79 Å². The lowest BCUT2D eigenvalue weighted by Crippen LogP contribution is -2.41. The predicted molar refractivity (Wildman–Crippen MR) is 104 cm³/mol. The maximum absolute atomic E-state index is 12.8. The molecule has 0 atom stereocenters. The number of benzene rings is 1. The van der Waals surface area contributed by atoms with Crippen LogP contribution in [0.15, 0.2) is 6.07 Å². The van der Waals surface area contributed by atoms with Gasteiger partial charge in [-0.15, -0.1) is 0 Å². The van der Waals surface area contributed by atoms with E-state index in [4.69, 9.17) is 22.1 Å². The third-order valence-corrected chi connectivity index (χ3v) is 6.60. The summed E-state index contributed by atoms with van der Waals surface area (Å²) in [5, 5.41) is 3.51. The molecule has 0 bridgehead atoms. The van der Waals surface area contributed by atoms with Gasteiger partial charge in [-0.25, -0.2) is 0 Å². The van der Waals surface area contributed by atoms with Crippen LogP contribution in [0.5, 0.6) is 5.75 Å². The second-order valence-corrected chi connectivity index (χ2v) is 9.00. The third kappa shape index (κ3) is 2.95. The van der Waals surface area contributed by atoms with Crippen molar-refractivity contribution in [3.05, 3.63) is 22.2 Å². The molecule has 0 saturated carbocycles. The van der Waals surface area contributed by atoms with E-state index in [1.807, 2.05) is 13.8 Å². The first-order chi connectivity index (χ1) is 12.3. The Morgan fingerprint density at radius 2 is 2.04 bits per heavy atom. The summed E-state index contributed by atoms with van der Waals surface area (Å²) in [6.45, 7) is 7.08. The number of rotatable bonds is 4. The van der Waals surface area contributed by atoms with Crippen LogP contribution < -0.4 is 15.8 Å². The van der Waals surface area contributed by atoms with Crippen LogP contribution in [-0.4, -0.2) is 41.6 Å². The fraction of sp³-hybridized carbons (Fsp3) is 0.650. The Labute approximate surface area is 160 Å². The first kappa shape index (κ1) is 17.9. The average molecular weight is 378 g/mol. The van der Waals surface area contributed by atoms with Crippen LogP contribution in [0.4, 0.5) is 5.69 Å². The van der Waals surface area contributed by atoms with Gasteiger partial charge in [-0.05, 0) is 65.1 Å². The summed E-state index contributed by atoms with van der Waals surface area (Å²) in [5.41, 5.74) is 7.93. The van der Waals surface area contributed by atoms with Crippen LogP contribution in [0.1, 0.15) is 61.9 Å². The summed E-state index contributed by atoms with van der Waals surface area (Å²) in [4.78, 5) is 15.5. The molecular formula is C20H28ClN3O2. The van der Waals surface area contributed by atoms with Crippen LogP contribution in [-0.2, 0) is 6.42 Å². The monoisotopic (exact) mass is 377 g/mol. The molecule has 26 heavy (non-hydrogen) atoms. The van der Waals surface area contributed by atoms with Crippen molar-refractivity contribution in [2.75, 3.05) is 25.4 Å². The molecule has 0 spiro atoms. The highest BCUT2D eigenvalue weighted by Gasteiger charge is 2.43. The molecule has 6 heteroatoms. The molecule has 1 aromatic carbocycles. The fourth-order valence-electron chi connectivity index (χ4n) is 5.04. The van der Waals surface area contributed by atoms with Crippen LogP contribution >= 0.6 is 11.6 Å². The van der Waals surface area contributed by atoms with Crippen molar-refractivity contribution < 1.29 is 9.53 Å². The number of carbonyl (C=O) groups is 1. The lowest BCUT2D eigenvalue weighted by Gasteiger charge is -2.32. The minimum absolute atomic E-state index is 0.125. The van der Waals surface area contributed by atoms with Crippen LogP contribution in [0.3, 0.4) is 0 Å². The zero-order valence-electron chi connectivity index (χ0n) is 15.7. The summed E-state index contributed by atoms with van der Waals surface area (Å²) < 4.78 is 6.02. The SMILES string of the molecule is CC1(C)Cc2c(N)c(Cl)cc(C(=O)NCCC34CCCN3CCC4)c2O1. The number of hydrogen-bond acceptors (Lipinski definition) is 4. The molecule has 5 nitrogen and oxygen atoms in total. The van der Waals surface area contributed by atoms with Crippen molar-refractivity contribution in [2.45, 2.75) is 63.5 Å². The topological polar surface area (TPSA) is 67.6 Å². The molecule has 0 unspecified atom stereocenters. The zero-order chi connectivity index (χ0) is 18.5. The molecular weight excluding hydrogens is 350 g/mol. The Kier molecular flexibility index (Phi) is 4.35. The van der Waals surface area contributed by atoms with Gasteiger partial charge in [0, 0.05) is 24.1 Å². The quantitative estimate of drug-likeness (QED) is 0.789. The average Bonchev–Trinajstić information content (AvgIpc) is 3.22. The predicted octanol–water partition coefficient (Wildman–Crippen LogP) is 3.38. The van der Waals surface area contributed by atoms with Gasteiger partial charge in [-0.2, -0.15) is 0 Å². The Balaban J connectivity index is 1.48. The van der Waals surface area contributed by atoms with Gasteiger partial charge in [-0.3, -0.25) is 9.69 Å². The first-order valence-electron chi connectivity index (χ1n) is 9.64. The normalized spacial score (nSPS) is 22.7. The number of nitrogens with two attached hydrogens (primary N) is 1. The highest BCUT2D eigenvalue weighted by molar-refractivity contribution is 6.33. The number of nitrogen functional groups attached to an aromatic ring is 1. The number of ether oxygens (including phenoxy) is 1. The van der Waals surface area contributed by atoms with E-state index < -0.39 is 0 Å². The molecule has 0 aromatic heterocycles. The Hall–Kier alpha value is -1.46. The summed E-state index contributed by atoms with van der Waals surface area (Å²) in [6.07, 6.45) is 6.73. The fourth-order valence-corrected chi connectivity index (χ4v) is 5.26. The third-order valence-electron chi connectivity index (χ3n) is 6.28. The Morgan fingerprint density at radius 1 is 1.35 bits per heavy atom. The number of halogens is 1. The standard InChI is InChI=1S/C20H28ClN3O2/c1-19(2)12-14-16(22)15(21)11-13(17(14)26-19)18(25)23-8-7-20-5-3-9-24(20)10-4-6-20/h11H,3-10,12,22H2,1-2H3,(H,23,25). The van der Waals surface area contributed by atoms with Gasteiger partial charge in [0.05, 0.1) is 16.3 Å². The number of anilines is 1. The van der Waals surface area contributed by atoms with Gasteiger partial charge < -0.3 is 15.8 Å². The molecule has 2 saturated heterocycles.